The molecule has 3 aromatic rings. The van der Waals surface area contributed by atoms with E-state index in [2.05, 4.69) is 31.9 Å². The number of nitrogens with one attached hydrogen (secondary N) is 1. The number of hydrogen-bond acceptors (Lipinski definition) is 5. The van der Waals surface area contributed by atoms with E-state index in [1.807, 2.05) is 39.2 Å². The second-order valence-corrected chi connectivity index (χ2v) is 7.10. The molecule has 0 radical (unpaired) electrons. The van der Waals surface area contributed by atoms with Crippen LogP contribution in [0.2, 0.25) is 0 Å². The second-order valence-electron chi connectivity index (χ2n) is 7.10. The van der Waals surface area contributed by atoms with Crippen LogP contribution < -0.4 is 10.5 Å². The first-order chi connectivity index (χ1) is 12.5. The highest BCUT2D eigenvalue weighted by Gasteiger charge is 2.22. The van der Waals surface area contributed by atoms with Crippen LogP contribution in [0.1, 0.15) is 22.6 Å². The molecule has 1 aliphatic heterocycles. The quantitative estimate of drug-likeness (QED) is 0.786. The number of para-hydroxylation sites is 1. The molecule has 0 aliphatic carbocycles. The predicted octanol–water partition coefficient (Wildman–Crippen LogP) is 2.25. The van der Waals surface area contributed by atoms with E-state index < -0.39 is 0 Å². The molecular formula is C20H23N5O. The zero-order valence-electron chi connectivity index (χ0n) is 15.4. The van der Waals surface area contributed by atoms with Gasteiger partial charge in [0.2, 0.25) is 0 Å². The summed E-state index contributed by atoms with van der Waals surface area (Å²) in [5, 5.41) is 1.14. The van der Waals surface area contributed by atoms with Gasteiger partial charge in [-0.3, -0.25) is 9.69 Å². The van der Waals surface area contributed by atoms with Crippen LogP contribution in [-0.4, -0.2) is 40.5 Å². The number of rotatable bonds is 3. The van der Waals surface area contributed by atoms with Crippen molar-refractivity contribution in [1.82, 2.24) is 19.9 Å². The lowest BCUT2D eigenvalue weighted by Gasteiger charge is -2.29. The molecule has 6 heteroatoms. The molecule has 4 rings (SSSR count). The average Bonchev–Trinajstić information content (AvgIpc) is 2.61. The Labute approximate surface area is 152 Å². The van der Waals surface area contributed by atoms with Gasteiger partial charge in [0.05, 0.1) is 16.8 Å². The fraction of sp³-hybridized carbons (Fsp3) is 0.350. The molecule has 0 atom stereocenters. The lowest BCUT2D eigenvalue weighted by atomic mass is 10.1. The van der Waals surface area contributed by atoms with Crippen molar-refractivity contribution in [3.63, 3.8) is 0 Å². The smallest absolute Gasteiger partial charge is 0.255 e. The minimum Gasteiger partial charge on any atom is -0.362 e. The van der Waals surface area contributed by atoms with Crippen molar-refractivity contribution in [3.8, 4) is 0 Å². The topological polar surface area (TPSA) is 65.1 Å². The normalized spacial score (nSPS) is 14.4. The van der Waals surface area contributed by atoms with Crippen LogP contribution in [0, 0.1) is 6.92 Å². The Morgan fingerprint density at radius 2 is 2.04 bits per heavy atom. The fourth-order valence-electron chi connectivity index (χ4n) is 3.63. The first-order valence-electron chi connectivity index (χ1n) is 8.88. The molecule has 1 aromatic carbocycles. The molecule has 0 bridgehead atoms. The molecule has 0 saturated carbocycles. The summed E-state index contributed by atoms with van der Waals surface area (Å²) in [7, 11) is 4.03. The first-order valence-corrected chi connectivity index (χ1v) is 8.88. The third-order valence-electron chi connectivity index (χ3n) is 4.86. The average molecular weight is 349 g/mol. The van der Waals surface area contributed by atoms with Crippen LogP contribution in [0.25, 0.3) is 10.9 Å². The highest BCUT2D eigenvalue weighted by Crippen LogP contribution is 2.25. The third kappa shape index (κ3) is 3.08. The van der Waals surface area contributed by atoms with Crippen molar-refractivity contribution in [2.75, 3.05) is 25.5 Å². The number of nitrogens with zero attached hydrogens (tertiary/aromatic N) is 4. The highest BCUT2D eigenvalue weighted by molar-refractivity contribution is 5.81. The lowest BCUT2D eigenvalue weighted by Crippen LogP contribution is -2.36. The Bertz CT molecular complexity index is 1020. The number of aromatic amines is 1. The Hall–Kier alpha value is -2.73. The minimum absolute atomic E-state index is 0.0123. The van der Waals surface area contributed by atoms with E-state index in [0.717, 1.165) is 47.5 Å². The number of aryl methyl sites for hydroxylation is 1. The summed E-state index contributed by atoms with van der Waals surface area (Å²) < 4.78 is 0. The minimum atomic E-state index is -0.0123. The van der Waals surface area contributed by atoms with Crippen LogP contribution in [0.5, 0.6) is 0 Å². The van der Waals surface area contributed by atoms with Crippen LogP contribution in [0.3, 0.4) is 0 Å². The number of benzene rings is 1. The van der Waals surface area contributed by atoms with Crippen molar-refractivity contribution in [2.24, 2.45) is 0 Å². The monoisotopic (exact) mass is 349 g/mol. The van der Waals surface area contributed by atoms with Crippen molar-refractivity contribution >= 4 is 16.7 Å². The van der Waals surface area contributed by atoms with E-state index in [1.54, 1.807) is 0 Å². The number of pyridine rings is 1. The Kier molecular flexibility index (Phi) is 4.20. The lowest BCUT2D eigenvalue weighted by molar-refractivity contribution is 0.241. The molecule has 1 N–H and O–H groups in total. The van der Waals surface area contributed by atoms with E-state index in [0.29, 0.717) is 12.4 Å². The largest absolute Gasteiger partial charge is 0.362 e. The van der Waals surface area contributed by atoms with Gasteiger partial charge in [0.25, 0.3) is 5.56 Å². The highest BCUT2D eigenvalue weighted by atomic mass is 16.1. The van der Waals surface area contributed by atoms with Gasteiger partial charge in [-0.2, -0.15) is 0 Å². The molecule has 0 fully saturated rings. The van der Waals surface area contributed by atoms with Crippen LogP contribution in [-0.2, 0) is 19.5 Å². The third-order valence-corrected chi connectivity index (χ3v) is 4.86. The van der Waals surface area contributed by atoms with Crippen LogP contribution >= 0.6 is 0 Å². The maximum Gasteiger partial charge on any atom is 0.255 e. The Morgan fingerprint density at radius 3 is 2.85 bits per heavy atom. The SMILES string of the molecule is Cc1nc2c(c(=O)[nH]1)CN(Cc1cc3ccccc3nc1N(C)C)CC2. The van der Waals surface area contributed by atoms with Crippen molar-refractivity contribution < 1.29 is 0 Å². The van der Waals surface area contributed by atoms with Gasteiger partial charge in [-0.15, -0.1) is 0 Å². The molecule has 0 amide bonds. The van der Waals surface area contributed by atoms with E-state index in [-0.39, 0.29) is 5.56 Å². The summed E-state index contributed by atoms with van der Waals surface area (Å²) in [6.45, 7) is 4.11. The van der Waals surface area contributed by atoms with Gasteiger partial charge in [-0.1, -0.05) is 18.2 Å². The fourth-order valence-corrected chi connectivity index (χ4v) is 3.63. The first kappa shape index (κ1) is 16.7. The summed E-state index contributed by atoms with van der Waals surface area (Å²) in [6.07, 6.45) is 0.804. The summed E-state index contributed by atoms with van der Waals surface area (Å²) in [5.41, 5.74) is 3.89. The Balaban J connectivity index is 1.67. The van der Waals surface area contributed by atoms with Gasteiger partial charge in [0.15, 0.2) is 0 Å². The van der Waals surface area contributed by atoms with Gasteiger partial charge in [0, 0.05) is 51.1 Å². The molecule has 0 unspecified atom stereocenters. The van der Waals surface area contributed by atoms with E-state index in [4.69, 9.17) is 4.98 Å². The van der Waals surface area contributed by atoms with Gasteiger partial charge in [0.1, 0.15) is 11.6 Å². The number of hydrogen-bond donors (Lipinski definition) is 1. The maximum absolute atomic E-state index is 12.3. The van der Waals surface area contributed by atoms with Crippen molar-refractivity contribution in [2.45, 2.75) is 26.4 Å². The number of anilines is 1. The maximum atomic E-state index is 12.3. The Morgan fingerprint density at radius 1 is 1.23 bits per heavy atom. The molecule has 26 heavy (non-hydrogen) atoms. The van der Waals surface area contributed by atoms with Gasteiger partial charge >= 0.3 is 0 Å². The zero-order chi connectivity index (χ0) is 18.3. The number of aromatic nitrogens is 3. The summed E-state index contributed by atoms with van der Waals surface area (Å²) in [6, 6.07) is 10.4. The summed E-state index contributed by atoms with van der Waals surface area (Å²) >= 11 is 0. The van der Waals surface area contributed by atoms with E-state index in [1.165, 1.54) is 5.56 Å². The summed E-state index contributed by atoms with van der Waals surface area (Å²) in [4.78, 5) is 28.8. The van der Waals surface area contributed by atoms with Crippen molar-refractivity contribution in [1.29, 1.82) is 0 Å². The zero-order valence-corrected chi connectivity index (χ0v) is 15.4. The molecule has 6 nitrogen and oxygen atoms in total. The number of H-pyrrole nitrogens is 1. The van der Waals surface area contributed by atoms with Gasteiger partial charge in [-0.05, 0) is 19.1 Å². The second kappa shape index (κ2) is 6.53. The molecule has 0 spiro atoms. The van der Waals surface area contributed by atoms with Gasteiger partial charge in [-0.25, -0.2) is 9.97 Å². The van der Waals surface area contributed by atoms with Crippen LogP contribution in [0.15, 0.2) is 35.1 Å². The molecule has 3 heterocycles. The molecule has 134 valence electrons. The summed E-state index contributed by atoms with van der Waals surface area (Å²) in [5.74, 6) is 1.67. The van der Waals surface area contributed by atoms with Gasteiger partial charge < -0.3 is 9.88 Å². The molecular weight excluding hydrogens is 326 g/mol. The number of fused-ring (bicyclic) bond motifs is 2. The van der Waals surface area contributed by atoms with E-state index in [9.17, 15) is 4.79 Å². The molecule has 2 aromatic heterocycles. The molecule has 1 aliphatic rings. The standard InChI is InChI=1S/C20H23N5O/c1-13-21-18-8-9-25(12-16(18)20(26)22-13)11-15-10-14-6-4-5-7-17(14)23-19(15)24(2)3/h4-7,10H,8-9,11-12H2,1-3H3,(H,21,22,26). The van der Waals surface area contributed by atoms with E-state index >= 15 is 0 Å². The van der Waals surface area contributed by atoms with Crippen LogP contribution in [0.4, 0.5) is 5.82 Å². The predicted molar refractivity (Wildman–Crippen MR) is 103 cm³/mol. The van der Waals surface area contributed by atoms with Crippen molar-refractivity contribution in [3.05, 3.63) is 63.3 Å². The molecule has 0 saturated heterocycles.